The molecule has 1 aromatic heterocycles. The number of halogens is 1. The zero-order valence-corrected chi connectivity index (χ0v) is 11.0. The van der Waals surface area contributed by atoms with Gasteiger partial charge in [-0.25, -0.2) is 4.98 Å². The van der Waals surface area contributed by atoms with Gasteiger partial charge in [-0.2, -0.15) is 0 Å². The van der Waals surface area contributed by atoms with Gasteiger partial charge in [0.1, 0.15) is 11.4 Å². The van der Waals surface area contributed by atoms with Crippen LogP contribution in [0.3, 0.4) is 0 Å². The predicted octanol–water partition coefficient (Wildman–Crippen LogP) is 2.68. The van der Waals surface area contributed by atoms with E-state index in [-0.39, 0.29) is 0 Å². The minimum absolute atomic E-state index is 0.345. The van der Waals surface area contributed by atoms with E-state index in [1.807, 2.05) is 24.3 Å². The number of nitrogen functional groups attached to an aromatic ring is 1. The van der Waals surface area contributed by atoms with Gasteiger partial charge >= 0.3 is 0 Å². The lowest BCUT2D eigenvalue weighted by molar-refractivity contribution is 0.103. The number of pyridine rings is 1. The Kier molecular flexibility index (Phi) is 3.17. The Morgan fingerprint density at radius 2 is 2.06 bits per heavy atom. The molecule has 0 aliphatic rings. The minimum atomic E-state index is -1.15. The number of hydrogen-bond donors (Lipinski definition) is 2. The van der Waals surface area contributed by atoms with Crippen LogP contribution in [0.1, 0.15) is 18.1 Å². The predicted molar refractivity (Wildman–Crippen MR) is 71.5 cm³/mol. The van der Waals surface area contributed by atoms with Crippen LogP contribution in [0.25, 0.3) is 0 Å². The molecule has 0 amide bonds. The number of anilines is 1. The van der Waals surface area contributed by atoms with Gasteiger partial charge in [-0.3, -0.25) is 0 Å². The van der Waals surface area contributed by atoms with Gasteiger partial charge in [0, 0.05) is 16.2 Å². The van der Waals surface area contributed by atoms with Crippen molar-refractivity contribution in [1.29, 1.82) is 0 Å². The summed E-state index contributed by atoms with van der Waals surface area (Å²) in [5.41, 5.74) is 6.03. The Hall–Kier alpha value is -1.39. The van der Waals surface area contributed by atoms with Gasteiger partial charge < -0.3 is 10.8 Å². The second-order valence-electron chi connectivity index (χ2n) is 4.02. The van der Waals surface area contributed by atoms with Crippen LogP contribution < -0.4 is 5.73 Å². The van der Waals surface area contributed by atoms with Crippen LogP contribution in [0.2, 0.25) is 0 Å². The summed E-state index contributed by atoms with van der Waals surface area (Å²) in [6.07, 6.45) is 1.61. The van der Waals surface area contributed by atoms with Gasteiger partial charge in [-0.05, 0) is 30.7 Å². The first-order valence-electron chi connectivity index (χ1n) is 5.21. The minimum Gasteiger partial charge on any atom is -0.383 e. The first-order chi connectivity index (χ1) is 8.01. The Bertz CT molecular complexity index is 540. The van der Waals surface area contributed by atoms with E-state index in [0.29, 0.717) is 11.4 Å². The van der Waals surface area contributed by atoms with E-state index >= 15 is 0 Å². The summed E-state index contributed by atoms with van der Waals surface area (Å²) < 4.78 is 0.915. The van der Waals surface area contributed by atoms with Crippen LogP contribution in [0.5, 0.6) is 0 Å². The molecule has 2 rings (SSSR count). The number of nitrogens with two attached hydrogens (primary N) is 1. The standard InChI is InChI=1S/C13H13BrN2O/c1-13(17,9-4-2-5-10(14)8-9)11-6-3-7-16-12(11)15/h2-8,17H,1H3,(H2,15,16). The third kappa shape index (κ3) is 2.33. The summed E-state index contributed by atoms with van der Waals surface area (Å²) in [5, 5.41) is 10.6. The van der Waals surface area contributed by atoms with Crippen molar-refractivity contribution >= 4 is 21.7 Å². The molecule has 0 aliphatic heterocycles. The molecule has 17 heavy (non-hydrogen) atoms. The van der Waals surface area contributed by atoms with Crippen LogP contribution in [0.4, 0.5) is 5.82 Å². The third-order valence-corrected chi connectivity index (χ3v) is 3.24. The smallest absolute Gasteiger partial charge is 0.129 e. The average Bonchev–Trinajstić information content (AvgIpc) is 2.29. The second-order valence-corrected chi connectivity index (χ2v) is 4.93. The van der Waals surface area contributed by atoms with E-state index in [1.54, 1.807) is 25.3 Å². The Morgan fingerprint density at radius 1 is 1.29 bits per heavy atom. The summed E-state index contributed by atoms with van der Waals surface area (Å²) in [5.74, 6) is 0.345. The van der Waals surface area contributed by atoms with Crippen molar-refractivity contribution < 1.29 is 5.11 Å². The summed E-state index contributed by atoms with van der Waals surface area (Å²) in [4.78, 5) is 4.00. The van der Waals surface area contributed by atoms with Crippen molar-refractivity contribution in [2.75, 3.05) is 5.73 Å². The maximum Gasteiger partial charge on any atom is 0.129 e. The molecule has 0 fully saturated rings. The van der Waals surface area contributed by atoms with Crippen molar-refractivity contribution in [3.63, 3.8) is 0 Å². The van der Waals surface area contributed by atoms with E-state index < -0.39 is 5.60 Å². The molecule has 3 nitrogen and oxygen atoms in total. The van der Waals surface area contributed by atoms with Gasteiger partial charge in [0.15, 0.2) is 0 Å². The number of nitrogens with zero attached hydrogens (tertiary/aromatic N) is 1. The molecule has 1 unspecified atom stereocenters. The van der Waals surface area contributed by atoms with E-state index in [9.17, 15) is 5.11 Å². The lowest BCUT2D eigenvalue weighted by Gasteiger charge is -2.25. The summed E-state index contributed by atoms with van der Waals surface area (Å²) >= 11 is 3.39. The average molecular weight is 293 g/mol. The normalized spacial score (nSPS) is 14.3. The molecule has 0 spiro atoms. The fraction of sp³-hybridized carbons (Fsp3) is 0.154. The topological polar surface area (TPSA) is 59.1 Å². The van der Waals surface area contributed by atoms with Crippen LogP contribution in [-0.2, 0) is 5.60 Å². The first-order valence-corrected chi connectivity index (χ1v) is 6.00. The largest absolute Gasteiger partial charge is 0.383 e. The van der Waals surface area contributed by atoms with Crippen LogP contribution in [0.15, 0.2) is 47.1 Å². The maximum absolute atomic E-state index is 10.6. The number of rotatable bonds is 2. The molecule has 4 heteroatoms. The highest BCUT2D eigenvalue weighted by molar-refractivity contribution is 9.10. The molecule has 0 saturated carbocycles. The van der Waals surface area contributed by atoms with Crippen LogP contribution in [0, 0.1) is 0 Å². The van der Waals surface area contributed by atoms with E-state index in [2.05, 4.69) is 20.9 Å². The van der Waals surface area contributed by atoms with Crippen molar-refractivity contribution in [2.24, 2.45) is 0 Å². The molecule has 1 atom stereocenters. The Morgan fingerprint density at radius 3 is 2.71 bits per heavy atom. The van der Waals surface area contributed by atoms with Gasteiger partial charge in [0.25, 0.3) is 0 Å². The monoisotopic (exact) mass is 292 g/mol. The van der Waals surface area contributed by atoms with Crippen LogP contribution >= 0.6 is 15.9 Å². The molecular weight excluding hydrogens is 280 g/mol. The molecule has 3 N–H and O–H groups in total. The summed E-state index contributed by atoms with van der Waals surface area (Å²) in [6.45, 7) is 1.71. The number of benzene rings is 1. The Balaban J connectivity index is 2.53. The molecule has 0 radical (unpaired) electrons. The van der Waals surface area contributed by atoms with Gasteiger partial charge in [0.2, 0.25) is 0 Å². The van der Waals surface area contributed by atoms with E-state index in [4.69, 9.17) is 5.73 Å². The zero-order valence-electron chi connectivity index (χ0n) is 9.39. The second kappa shape index (κ2) is 4.47. The molecule has 1 aromatic carbocycles. The molecular formula is C13H13BrN2O. The van der Waals surface area contributed by atoms with Crippen molar-refractivity contribution in [3.05, 3.63) is 58.2 Å². The van der Waals surface area contributed by atoms with Gasteiger partial charge in [-0.1, -0.05) is 34.1 Å². The molecule has 0 bridgehead atoms. The third-order valence-electron chi connectivity index (χ3n) is 2.75. The number of aromatic nitrogens is 1. The summed E-state index contributed by atoms with van der Waals surface area (Å²) in [7, 11) is 0. The highest BCUT2D eigenvalue weighted by atomic mass is 79.9. The number of hydrogen-bond acceptors (Lipinski definition) is 3. The van der Waals surface area contributed by atoms with E-state index in [1.165, 1.54) is 0 Å². The molecule has 0 aliphatic carbocycles. The fourth-order valence-electron chi connectivity index (χ4n) is 1.78. The maximum atomic E-state index is 10.6. The fourth-order valence-corrected chi connectivity index (χ4v) is 2.18. The lowest BCUT2D eigenvalue weighted by Crippen LogP contribution is -2.24. The molecule has 2 aromatic rings. The van der Waals surface area contributed by atoms with Gasteiger partial charge in [-0.15, -0.1) is 0 Å². The van der Waals surface area contributed by atoms with Crippen molar-refractivity contribution in [2.45, 2.75) is 12.5 Å². The highest BCUT2D eigenvalue weighted by Crippen LogP contribution is 2.32. The number of aliphatic hydroxyl groups is 1. The first kappa shape index (κ1) is 12.1. The van der Waals surface area contributed by atoms with Crippen LogP contribution in [-0.4, -0.2) is 10.1 Å². The van der Waals surface area contributed by atoms with Gasteiger partial charge in [0.05, 0.1) is 0 Å². The molecule has 0 saturated heterocycles. The SMILES string of the molecule is CC(O)(c1cccc(Br)c1)c1cccnc1N. The summed E-state index contributed by atoms with van der Waals surface area (Å²) in [6, 6.07) is 11.1. The lowest BCUT2D eigenvalue weighted by atomic mass is 9.88. The quantitative estimate of drug-likeness (QED) is 0.895. The van der Waals surface area contributed by atoms with Crippen molar-refractivity contribution in [3.8, 4) is 0 Å². The van der Waals surface area contributed by atoms with Crippen molar-refractivity contribution in [1.82, 2.24) is 4.98 Å². The highest BCUT2D eigenvalue weighted by Gasteiger charge is 2.28. The van der Waals surface area contributed by atoms with E-state index in [0.717, 1.165) is 10.0 Å². The molecule has 88 valence electrons. The Labute approximate surface area is 108 Å². The zero-order chi connectivity index (χ0) is 12.5. The molecule has 1 heterocycles.